The normalized spacial score (nSPS) is 11.2. The zero-order valence-corrected chi connectivity index (χ0v) is 16.7. The van der Waals surface area contributed by atoms with Crippen LogP contribution >= 0.6 is 11.3 Å². The van der Waals surface area contributed by atoms with E-state index in [-0.39, 0.29) is 10.8 Å². The standard InChI is InChI=1S/C20H20N2O3S2/c1-14-5-8-16(9-6-14)22-27(24,25)18-10-7-15(2)19(12-18)20(23)21-13-17-4-3-11-26-17/h3-12,22H,13H2,1-2H3,(H,21,23). The van der Waals surface area contributed by atoms with Crippen molar-refractivity contribution in [2.24, 2.45) is 0 Å². The van der Waals surface area contributed by atoms with Gasteiger partial charge in [-0.1, -0.05) is 29.8 Å². The zero-order valence-electron chi connectivity index (χ0n) is 15.0. The van der Waals surface area contributed by atoms with Gasteiger partial charge in [0, 0.05) is 16.1 Å². The average Bonchev–Trinajstić information content (AvgIpc) is 3.15. The fourth-order valence-electron chi connectivity index (χ4n) is 2.52. The lowest BCUT2D eigenvalue weighted by molar-refractivity contribution is 0.0950. The Balaban J connectivity index is 1.80. The van der Waals surface area contributed by atoms with Crippen LogP contribution in [0.25, 0.3) is 0 Å². The summed E-state index contributed by atoms with van der Waals surface area (Å²) in [5.41, 5.74) is 2.58. The monoisotopic (exact) mass is 400 g/mol. The minimum absolute atomic E-state index is 0.0509. The number of sulfonamides is 1. The predicted octanol–water partition coefficient (Wildman–Crippen LogP) is 4.10. The van der Waals surface area contributed by atoms with Crippen LogP contribution in [-0.2, 0) is 16.6 Å². The first-order chi connectivity index (χ1) is 12.8. The van der Waals surface area contributed by atoms with Crippen molar-refractivity contribution < 1.29 is 13.2 Å². The van der Waals surface area contributed by atoms with Gasteiger partial charge in [0.25, 0.3) is 15.9 Å². The van der Waals surface area contributed by atoms with E-state index in [4.69, 9.17) is 0 Å². The smallest absolute Gasteiger partial charge is 0.261 e. The highest BCUT2D eigenvalue weighted by Crippen LogP contribution is 2.20. The lowest BCUT2D eigenvalue weighted by Gasteiger charge is -2.12. The third-order valence-electron chi connectivity index (χ3n) is 4.07. The van der Waals surface area contributed by atoms with E-state index < -0.39 is 10.0 Å². The molecular weight excluding hydrogens is 380 g/mol. The van der Waals surface area contributed by atoms with Gasteiger partial charge in [-0.05, 0) is 55.1 Å². The minimum Gasteiger partial charge on any atom is -0.347 e. The summed E-state index contributed by atoms with van der Waals surface area (Å²) in [6.45, 7) is 4.12. The Bertz CT molecular complexity index is 1040. The van der Waals surface area contributed by atoms with Gasteiger partial charge in [0.05, 0.1) is 11.4 Å². The number of nitrogens with one attached hydrogen (secondary N) is 2. The molecule has 0 aliphatic carbocycles. The van der Waals surface area contributed by atoms with Gasteiger partial charge in [-0.2, -0.15) is 0 Å². The number of rotatable bonds is 6. The van der Waals surface area contributed by atoms with Crippen molar-refractivity contribution in [1.29, 1.82) is 0 Å². The Morgan fingerprint density at radius 3 is 2.44 bits per heavy atom. The van der Waals surface area contributed by atoms with Crippen molar-refractivity contribution in [3.63, 3.8) is 0 Å². The average molecular weight is 401 g/mol. The molecule has 1 amide bonds. The third-order valence-corrected chi connectivity index (χ3v) is 6.33. The van der Waals surface area contributed by atoms with Crippen molar-refractivity contribution >= 4 is 33.0 Å². The molecule has 0 unspecified atom stereocenters. The molecule has 0 saturated heterocycles. The molecule has 3 rings (SSSR count). The number of hydrogen-bond donors (Lipinski definition) is 2. The van der Waals surface area contributed by atoms with Crippen LogP contribution in [0.4, 0.5) is 5.69 Å². The molecule has 140 valence electrons. The zero-order chi connectivity index (χ0) is 19.4. The maximum atomic E-state index is 12.7. The van der Waals surface area contributed by atoms with Crippen LogP contribution in [0.3, 0.4) is 0 Å². The molecule has 0 aliphatic heterocycles. The highest BCUT2D eigenvalue weighted by atomic mass is 32.2. The number of carbonyl (C=O) groups excluding carboxylic acids is 1. The molecule has 1 heterocycles. The minimum atomic E-state index is -3.79. The van der Waals surface area contributed by atoms with Gasteiger partial charge in [-0.15, -0.1) is 11.3 Å². The first kappa shape index (κ1) is 19.1. The molecule has 0 fully saturated rings. The second kappa shape index (κ2) is 7.94. The van der Waals surface area contributed by atoms with E-state index in [0.29, 0.717) is 23.4 Å². The van der Waals surface area contributed by atoms with E-state index in [1.165, 1.54) is 12.1 Å². The van der Waals surface area contributed by atoms with Crippen molar-refractivity contribution in [2.75, 3.05) is 4.72 Å². The molecule has 0 atom stereocenters. The molecular formula is C20H20N2O3S2. The Morgan fingerprint density at radius 2 is 1.78 bits per heavy atom. The number of aryl methyl sites for hydroxylation is 2. The van der Waals surface area contributed by atoms with Crippen molar-refractivity contribution in [3.8, 4) is 0 Å². The summed E-state index contributed by atoms with van der Waals surface area (Å²) >= 11 is 1.55. The Morgan fingerprint density at radius 1 is 1.04 bits per heavy atom. The summed E-state index contributed by atoms with van der Waals surface area (Å²) in [7, 11) is -3.79. The number of benzene rings is 2. The number of anilines is 1. The molecule has 0 bridgehead atoms. The number of carbonyl (C=O) groups is 1. The fraction of sp³-hybridized carbons (Fsp3) is 0.150. The van der Waals surface area contributed by atoms with E-state index in [9.17, 15) is 13.2 Å². The molecule has 0 aliphatic rings. The van der Waals surface area contributed by atoms with Gasteiger partial charge in [0.2, 0.25) is 0 Å². The Labute approximate surface area is 163 Å². The highest BCUT2D eigenvalue weighted by Gasteiger charge is 2.18. The van der Waals surface area contributed by atoms with E-state index in [0.717, 1.165) is 10.4 Å². The van der Waals surface area contributed by atoms with Crippen LogP contribution in [-0.4, -0.2) is 14.3 Å². The molecule has 27 heavy (non-hydrogen) atoms. The largest absolute Gasteiger partial charge is 0.347 e. The van der Waals surface area contributed by atoms with Gasteiger partial charge >= 0.3 is 0 Å². The maximum absolute atomic E-state index is 12.7. The fourth-order valence-corrected chi connectivity index (χ4v) is 4.25. The third kappa shape index (κ3) is 4.75. The van der Waals surface area contributed by atoms with Gasteiger partial charge < -0.3 is 5.32 Å². The molecule has 0 saturated carbocycles. The van der Waals surface area contributed by atoms with Crippen molar-refractivity contribution in [3.05, 3.63) is 81.5 Å². The molecule has 1 aromatic heterocycles. The van der Waals surface area contributed by atoms with Gasteiger partial charge in [-0.3, -0.25) is 9.52 Å². The van der Waals surface area contributed by atoms with Crippen LogP contribution in [0.1, 0.15) is 26.4 Å². The molecule has 5 nitrogen and oxygen atoms in total. The van der Waals surface area contributed by atoms with E-state index in [1.807, 2.05) is 36.6 Å². The summed E-state index contributed by atoms with van der Waals surface area (Å²) in [4.78, 5) is 13.6. The number of amides is 1. The summed E-state index contributed by atoms with van der Waals surface area (Å²) < 4.78 is 27.9. The molecule has 3 aromatic rings. The van der Waals surface area contributed by atoms with Gasteiger partial charge in [0.15, 0.2) is 0 Å². The Kier molecular flexibility index (Phi) is 5.62. The highest BCUT2D eigenvalue weighted by molar-refractivity contribution is 7.92. The van der Waals surface area contributed by atoms with Crippen LogP contribution in [0.2, 0.25) is 0 Å². The molecule has 2 aromatic carbocycles. The maximum Gasteiger partial charge on any atom is 0.261 e. The second-order valence-electron chi connectivity index (χ2n) is 6.21. The predicted molar refractivity (Wildman–Crippen MR) is 109 cm³/mol. The number of thiophene rings is 1. The first-order valence-electron chi connectivity index (χ1n) is 8.36. The summed E-state index contributed by atoms with van der Waals surface area (Å²) in [5, 5.41) is 4.77. The molecule has 0 spiro atoms. The van der Waals surface area contributed by atoms with E-state index >= 15 is 0 Å². The topological polar surface area (TPSA) is 75.3 Å². The van der Waals surface area contributed by atoms with Crippen LogP contribution in [0.5, 0.6) is 0 Å². The molecule has 2 N–H and O–H groups in total. The lowest BCUT2D eigenvalue weighted by atomic mass is 10.1. The van der Waals surface area contributed by atoms with E-state index in [1.54, 1.807) is 36.5 Å². The Hall–Kier alpha value is -2.64. The summed E-state index contributed by atoms with van der Waals surface area (Å²) in [6, 6.07) is 15.5. The molecule has 0 radical (unpaired) electrons. The quantitative estimate of drug-likeness (QED) is 0.654. The van der Waals surface area contributed by atoms with E-state index in [2.05, 4.69) is 10.0 Å². The van der Waals surface area contributed by atoms with Crippen molar-refractivity contribution in [1.82, 2.24) is 5.32 Å². The van der Waals surface area contributed by atoms with Crippen LogP contribution < -0.4 is 10.0 Å². The molecule has 7 heteroatoms. The SMILES string of the molecule is Cc1ccc(NS(=O)(=O)c2ccc(C)c(C(=O)NCc3cccs3)c2)cc1. The second-order valence-corrected chi connectivity index (χ2v) is 8.92. The van der Waals surface area contributed by atoms with Gasteiger partial charge in [0.1, 0.15) is 0 Å². The summed E-state index contributed by atoms with van der Waals surface area (Å²) in [5.74, 6) is -0.298. The van der Waals surface area contributed by atoms with Crippen LogP contribution in [0, 0.1) is 13.8 Å². The van der Waals surface area contributed by atoms with Crippen LogP contribution in [0.15, 0.2) is 64.9 Å². The van der Waals surface area contributed by atoms with Crippen molar-refractivity contribution in [2.45, 2.75) is 25.3 Å². The summed E-state index contributed by atoms with van der Waals surface area (Å²) in [6.07, 6.45) is 0. The first-order valence-corrected chi connectivity index (χ1v) is 10.7. The van der Waals surface area contributed by atoms with Gasteiger partial charge in [-0.25, -0.2) is 8.42 Å². The lowest BCUT2D eigenvalue weighted by Crippen LogP contribution is -2.24. The number of hydrogen-bond acceptors (Lipinski definition) is 4.